The monoisotopic (exact) mass is 389 g/mol. The van der Waals surface area contributed by atoms with Crippen molar-refractivity contribution in [3.8, 4) is 0 Å². The molecule has 1 aromatic rings. The van der Waals surface area contributed by atoms with E-state index in [4.69, 9.17) is 4.74 Å². The summed E-state index contributed by atoms with van der Waals surface area (Å²) in [6, 6.07) is 6.07. The summed E-state index contributed by atoms with van der Waals surface area (Å²) < 4.78 is 5.12. The van der Waals surface area contributed by atoms with E-state index in [0.717, 1.165) is 30.6 Å². The Morgan fingerprint density at radius 1 is 1.25 bits per heavy atom. The Kier molecular flexibility index (Phi) is 7.98. The first-order valence-corrected chi connectivity index (χ1v) is 9.55. The third-order valence-electron chi connectivity index (χ3n) is 4.49. The van der Waals surface area contributed by atoms with Gasteiger partial charge in [-0.05, 0) is 25.0 Å². The zero-order chi connectivity index (χ0) is 20.5. The fraction of sp³-hybridized carbons (Fsp3) is 0.500. The van der Waals surface area contributed by atoms with E-state index in [2.05, 4.69) is 17.6 Å². The summed E-state index contributed by atoms with van der Waals surface area (Å²) in [6.07, 6.45) is 4.14. The van der Waals surface area contributed by atoms with Crippen LogP contribution in [0.1, 0.15) is 55.5 Å². The normalized spacial score (nSPS) is 14.6. The molecule has 4 amide bonds. The quantitative estimate of drug-likeness (QED) is 0.362. The van der Waals surface area contributed by atoms with Gasteiger partial charge in [-0.1, -0.05) is 44.4 Å². The van der Waals surface area contributed by atoms with Crippen molar-refractivity contribution < 1.29 is 23.9 Å². The number of amides is 4. The molecule has 0 bridgehead atoms. The standard InChI is InChI=1S/C20H27N3O5/c1-3-4-5-8-14(2)22-17(24)13-28-19(26)16-10-7-6-9-15(16)12-23-18(25)11-21-20(23)27/h6-7,9-10,14H,3-5,8,11-13H2,1-2H3,(H,21,27)(H,22,24). The summed E-state index contributed by atoms with van der Waals surface area (Å²) in [5.74, 6) is -1.38. The summed E-state index contributed by atoms with van der Waals surface area (Å²) in [6.45, 7) is 3.57. The fourth-order valence-electron chi connectivity index (χ4n) is 2.94. The largest absolute Gasteiger partial charge is 0.452 e. The molecule has 1 atom stereocenters. The van der Waals surface area contributed by atoms with Crippen LogP contribution in [0.5, 0.6) is 0 Å². The second-order valence-corrected chi connectivity index (χ2v) is 6.84. The van der Waals surface area contributed by atoms with Gasteiger partial charge in [-0.15, -0.1) is 0 Å². The molecule has 28 heavy (non-hydrogen) atoms. The van der Waals surface area contributed by atoms with Gasteiger partial charge in [0.2, 0.25) is 5.91 Å². The lowest BCUT2D eigenvalue weighted by Crippen LogP contribution is -2.36. The van der Waals surface area contributed by atoms with Crippen LogP contribution in [0.2, 0.25) is 0 Å². The fourth-order valence-corrected chi connectivity index (χ4v) is 2.94. The van der Waals surface area contributed by atoms with E-state index in [9.17, 15) is 19.2 Å². The van der Waals surface area contributed by atoms with Crippen molar-refractivity contribution in [1.82, 2.24) is 15.5 Å². The van der Waals surface area contributed by atoms with Gasteiger partial charge in [0.05, 0.1) is 18.7 Å². The molecule has 1 unspecified atom stereocenters. The highest BCUT2D eigenvalue weighted by Crippen LogP contribution is 2.15. The number of benzene rings is 1. The molecule has 0 spiro atoms. The summed E-state index contributed by atoms with van der Waals surface area (Å²) in [5, 5.41) is 5.24. The Morgan fingerprint density at radius 3 is 2.68 bits per heavy atom. The van der Waals surface area contributed by atoms with Crippen molar-refractivity contribution in [2.45, 2.75) is 52.1 Å². The van der Waals surface area contributed by atoms with Gasteiger partial charge >= 0.3 is 12.0 Å². The first kappa shape index (κ1) is 21.4. The van der Waals surface area contributed by atoms with Gasteiger partial charge in [0, 0.05) is 6.04 Å². The maximum absolute atomic E-state index is 12.4. The summed E-state index contributed by atoms with van der Waals surface area (Å²) in [4.78, 5) is 48.9. The predicted molar refractivity (Wildman–Crippen MR) is 102 cm³/mol. The van der Waals surface area contributed by atoms with E-state index < -0.39 is 12.0 Å². The van der Waals surface area contributed by atoms with Crippen molar-refractivity contribution in [3.05, 3.63) is 35.4 Å². The van der Waals surface area contributed by atoms with Crippen LogP contribution in [-0.4, -0.2) is 47.9 Å². The van der Waals surface area contributed by atoms with Gasteiger partial charge in [-0.3, -0.25) is 14.5 Å². The number of hydrogen-bond acceptors (Lipinski definition) is 5. The van der Waals surface area contributed by atoms with Gasteiger partial charge in [0.25, 0.3) is 5.91 Å². The highest BCUT2D eigenvalue weighted by atomic mass is 16.5. The number of hydrogen-bond donors (Lipinski definition) is 2. The summed E-state index contributed by atoms with van der Waals surface area (Å²) in [5.41, 5.74) is 0.699. The minimum Gasteiger partial charge on any atom is -0.452 e. The molecule has 1 fully saturated rings. The van der Waals surface area contributed by atoms with Crippen LogP contribution in [0.4, 0.5) is 4.79 Å². The Morgan fingerprint density at radius 2 is 2.00 bits per heavy atom. The van der Waals surface area contributed by atoms with Crippen LogP contribution >= 0.6 is 0 Å². The van der Waals surface area contributed by atoms with E-state index in [0.29, 0.717) is 5.56 Å². The van der Waals surface area contributed by atoms with E-state index in [1.54, 1.807) is 24.3 Å². The van der Waals surface area contributed by atoms with E-state index in [1.807, 2.05) is 6.92 Å². The molecule has 8 nitrogen and oxygen atoms in total. The van der Waals surface area contributed by atoms with Gasteiger partial charge in [-0.25, -0.2) is 9.59 Å². The lowest BCUT2D eigenvalue weighted by Gasteiger charge is -2.16. The number of urea groups is 1. The molecule has 2 rings (SSSR count). The molecule has 1 aliphatic heterocycles. The molecule has 0 saturated carbocycles. The molecular formula is C20H27N3O5. The highest BCUT2D eigenvalue weighted by molar-refractivity contribution is 6.02. The molecule has 8 heteroatoms. The molecule has 0 aromatic heterocycles. The molecule has 0 aliphatic carbocycles. The number of esters is 1. The zero-order valence-corrected chi connectivity index (χ0v) is 16.3. The van der Waals surface area contributed by atoms with Crippen LogP contribution in [0.25, 0.3) is 0 Å². The van der Waals surface area contributed by atoms with Crippen LogP contribution in [0.3, 0.4) is 0 Å². The Labute approximate surface area is 164 Å². The number of rotatable bonds is 10. The van der Waals surface area contributed by atoms with Crippen LogP contribution < -0.4 is 10.6 Å². The van der Waals surface area contributed by atoms with Crippen molar-refractivity contribution in [2.75, 3.05) is 13.2 Å². The number of nitrogens with zero attached hydrogens (tertiary/aromatic N) is 1. The van der Waals surface area contributed by atoms with E-state index >= 15 is 0 Å². The minimum atomic E-state index is -0.670. The number of carbonyl (C=O) groups is 4. The topological polar surface area (TPSA) is 105 Å². The van der Waals surface area contributed by atoms with Crippen molar-refractivity contribution in [2.24, 2.45) is 0 Å². The minimum absolute atomic E-state index is 0.0183. The molecule has 1 aromatic carbocycles. The average molecular weight is 389 g/mol. The second-order valence-electron chi connectivity index (χ2n) is 6.84. The molecular weight excluding hydrogens is 362 g/mol. The molecule has 1 heterocycles. The van der Waals surface area contributed by atoms with Gasteiger partial charge in [0.15, 0.2) is 6.61 Å². The smallest absolute Gasteiger partial charge is 0.338 e. The van der Waals surface area contributed by atoms with Gasteiger partial charge in [-0.2, -0.15) is 0 Å². The molecule has 1 aliphatic rings. The van der Waals surface area contributed by atoms with Crippen molar-refractivity contribution in [3.63, 3.8) is 0 Å². The number of imide groups is 1. The van der Waals surface area contributed by atoms with Crippen molar-refractivity contribution in [1.29, 1.82) is 0 Å². The van der Waals surface area contributed by atoms with Crippen LogP contribution in [-0.2, 0) is 20.9 Å². The molecule has 152 valence electrons. The maximum Gasteiger partial charge on any atom is 0.338 e. The SMILES string of the molecule is CCCCCC(C)NC(=O)COC(=O)c1ccccc1CN1C(=O)CNC1=O. The third kappa shape index (κ3) is 6.07. The van der Waals surface area contributed by atoms with Crippen molar-refractivity contribution >= 4 is 23.8 Å². The first-order valence-electron chi connectivity index (χ1n) is 9.55. The highest BCUT2D eigenvalue weighted by Gasteiger charge is 2.29. The maximum atomic E-state index is 12.4. The summed E-state index contributed by atoms with van der Waals surface area (Å²) >= 11 is 0. The Balaban J connectivity index is 1.89. The number of nitrogens with one attached hydrogen (secondary N) is 2. The lowest BCUT2D eigenvalue weighted by atomic mass is 10.1. The Bertz CT molecular complexity index is 718. The van der Waals surface area contributed by atoms with E-state index in [1.165, 1.54) is 0 Å². The van der Waals surface area contributed by atoms with Crippen LogP contribution in [0, 0.1) is 0 Å². The van der Waals surface area contributed by atoms with Crippen LogP contribution in [0.15, 0.2) is 24.3 Å². The predicted octanol–water partition coefficient (Wildman–Crippen LogP) is 1.98. The first-order chi connectivity index (χ1) is 13.4. The molecule has 2 N–H and O–H groups in total. The zero-order valence-electron chi connectivity index (χ0n) is 16.3. The second kappa shape index (κ2) is 10.4. The molecule has 0 radical (unpaired) electrons. The Hall–Kier alpha value is -2.90. The third-order valence-corrected chi connectivity index (χ3v) is 4.49. The summed E-state index contributed by atoms with van der Waals surface area (Å²) in [7, 11) is 0. The van der Waals surface area contributed by atoms with Gasteiger partial charge < -0.3 is 15.4 Å². The molecule has 1 saturated heterocycles. The van der Waals surface area contributed by atoms with Gasteiger partial charge in [0.1, 0.15) is 0 Å². The number of carbonyl (C=O) groups excluding carboxylic acids is 4. The van der Waals surface area contributed by atoms with E-state index in [-0.39, 0.29) is 43.1 Å². The number of ether oxygens (including phenoxy) is 1. The lowest BCUT2D eigenvalue weighted by molar-refractivity contribution is -0.125. The number of unbranched alkanes of at least 4 members (excludes halogenated alkanes) is 2. The average Bonchev–Trinajstić information content (AvgIpc) is 2.99.